The normalized spacial score (nSPS) is 12.7. The van der Waals surface area contributed by atoms with Crippen LogP contribution in [0.1, 0.15) is 16.5 Å². The van der Waals surface area contributed by atoms with E-state index in [1.807, 2.05) is 30.3 Å². The molecule has 0 saturated carbocycles. The molecule has 0 amide bonds. The van der Waals surface area contributed by atoms with Crippen molar-refractivity contribution in [3.63, 3.8) is 0 Å². The molecule has 0 bridgehead atoms. The van der Waals surface area contributed by atoms with Crippen molar-refractivity contribution < 1.29 is 0 Å². The van der Waals surface area contributed by atoms with Crippen molar-refractivity contribution in [2.45, 2.75) is 6.04 Å². The molecule has 1 aromatic carbocycles. The van der Waals surface area contributed by atoms with Crippen LogP contribution in [0, 0.1) is 0 Å². The molecule has 0 aliphatic carbocycles. The van der Waals surface area contributed by atoms with Crippen LogP contribution in [0.2, 0.25) is 0 Å². The molecule has 2 rings (SSSR count). The molecule has 0 aliphatic rings. The van der Waals surface area contributed by atoms with Gasteiger partial charge >= 0.3 is 0 Å². The summed E-state index contributed by atoms with van der Waals surface area (Å²) in [5.41, 5.74) is 7.31. The Balaban J connectivity index is 2.32. The molecule has 1 heterocycles. The van der Waals surface area contributed by atoms with Crippen molar-refractivity contribution in [1.82, 2.24) is 0 Å². The van der Waals surface area contributed by atoms with Gasteiger partial charge in [0.15, 0.2) is 0 Å². The highest BCUT2D eigenvalue weighted by molar-refractivity contribution is 9.13. The predicted octanol–water partition coefficient (Wildman–Crippen LogP) is 4.32. The second-order valence-electron chi connectivity index (χ2n) is 3.16. The number of hydrogen-bond donors (Lipinski definition) is 1. The molecule has 2 N–H and O–H groups in total. The molecule has 78 valence electrons. The van der Waals surface area contributed by atoms with Crippen LogP contribution in [0.5, 0.6) is 0 Å². The first-order chi connectivity index (χ1) is 7.18. The van der Waals surface area contributed by atoms with E-state index in [2.05, 4.69) is 37.9 Å². The Kier molecular flexibility index (Phi) is 3.61. The lowest BCUT2D eigenvalue weighted by Crippen LogP contribution is -2.09. The Bertz CT molecular complexity index is 433. The van der Waals surface area contributed by atoms with Crippen molar-refractivity contribution >= 4 is 43.2 Å². The lowest BCUT2D eigenvalue weighted by molar-refractivity contribution is 0.893. The molecule has 1 nitrogen and oxygen atoms in total. The van der Waals surface area contributed by atoms with Crippen molar-refractivity contribution in [2.24, 2.45) is 5.73 Å². The van der Waals surface area contributed by atoms with Crippen LogP contribution in [0.15, 0.2) is 44.7 Å². The number of halogens is 2. The van der Waals surface area contributed by atoms with E-state index in [4.69, 9.17) is 5.73 Å². The summed E-state index contributed by atoms with van der Waals surface area (Å²) in [6, 6.07) is 12.1. The second-order valence-corrected chi connectivity index (χ2v) is 6.41. The summed E-state index contributed by atoms with van der Waals surface area (Å²) < 4.78 is 2.15. The Morgan fingerprint density at radius 3 is 2.33 bits per heavy atom. The molecule has 1 aromatic heterocycles. The Morgan fingerprint density at radius 1 is 1.13 bits per heavy atom. The maximum Gasteiger partial charge on any atom is 0.0843 e. The van der Waals surface area contributed by atoms with E-state index in [-0.39, 0.29) is 6.04 Å². The molecule has 2 aromatic rings. The van der Waals surface area contributed by atoms with Gasteiger partial charge in [-0.25, -0.2) is 0 Å². The molecule has 0 radical (unpaired) electrons. The zero-order chi connectivity index (χ0) is 10.8. The van der Waals surface area contributed by atoms with Crippen LogP contribution >= 0.6 is 43.2 Å². The van der Waals surface area contributed by atoms with Crippen LogP contribution in [-0.4, -0.2) is 0 Å². The van der Waals surface area contributed by atoms with Gasteiger partial charge in [0.1, 0.15) is 0 Å². The minimum absolute atomic E-state index is 0.0428. The molecule has 0 spiro atoms. The molecule has 0 aliphatic heterocycles. The summed E-state index contributed by atoms with van der Waals surface area (Å²) >= 11 is 8.60. The van der Waals surface area contributed by atoms with E-state index in [0.29, 0.717) is 0 Å². The lowest BCUT2D eigenvalue weighted by Gasteiger charge is -2.08. The number of hydrogen-bond acceptors (Lipinski definition) is 2. The maximum absolute atomic E-state index is 6.17. The quantitative estimate of drug-likeness (QED) is 0.860. The highest BCUT2D eigenvalue weighted by Crippen LogP contribution is 2.36. The van der Waals surface area contributed by atoms with Gasteiger partial charge in [0.05, 0.1) is 9.83 Å². The number of rotatable bonds is 2. The van der Waals surface area contributed by atoms with Gasteiger partial charge in [-0.1, -0.05) is 30.3 Å². The summed E-state index contributed by atoms with van der Waals surface area (Å²) in [5, 5.41) is 0. The fourth-order valence-corrected chi connectivity index (χ4v) is 3.46. The van der Waals surface area contributed by atoms with Crippen LogP contribution < -0.4 is 5.73 Å². The van der Waals surface area contributed by atoms with Gasteiger partial charge in [0.25, 0.3) is 0 Å². The van der Waals surface area contributed by atoms with Gasteiger partial charge in [-0.05, 0) is 43.5 Å². The number of nitrogens with two attached hydrogens (primary N) is 1. The average molecular weight is 347 g/mol. The summed E-state index contributed by atoms with van der Waals surface area (Å²) in [5.74, 6) is 0. The SMILES string of the molecule is NC(c1ccccc1)c1cc(Br)c(Br)s1. The Hall–Kier alpha value is -0.160. The first-order valence-corrected chi connectivity index (χ1v) is 6.84. The summed E-state index contributed by atoms with van der Waals surface area (Å²) in [6.07, 6.45) is 0. The van der Waals surface area contributed by atoms with Crippen molar-refractivity contribution in [1.29, 1.82) is 0 Å². The molecule has 4 heteroatoms. The average Bonchev–Trinajstić information content (AvgIpc) is 2.59. The summed E-state index contributed by atoms with van der Waals surface area (Å²) in [4.78, 5) is 1.15. The van der Waals surface area contributed by atoms with Crippen molar-refractivity contribution in [2.75, 3.05) is 0 Å². The van der Waals surface area contributed by atoms with Crippen LogP contribution in [-0.2, 0) is 0 Å². The van der Waals surface area contributed by atoms with Crippen molar-refractivity contribution in [3.8, 4) is 0 Å². The number of thiophene rings is 1. The minimum Gasteiger partial charge on any atom is -0.320 e. The maximum atomic E-state index is 6.17. The van der Waals surface area contributed by atoms with Gasteiger partial charge in [-0.3, -0.25) is 0 Å². The molecule has 0 saturated heterocycles. The predicted molar refractivity (Wildman–Crippen MR) is 72.2 cm³/mol. The van der Waals surface area contributed by atoms with E-state index < -0.39 is 0 Å². The minimum atomic E-state index is -0.0428. The van der Waals surface area contributed by atoms with E-state index in [1.165, 1.54) is 0 Å². The fourth-order valence-electron chi connectivity index (χ4n) is 1.34. The first-order valence-electron chi connectivity index (χ1n) is 4.43. The zero-order valence-electron chi connectivity index (χ0n) is 7.78. The standard InChI is InChI=1S/C11H9Br2NS/c12-8-6-9(15-11(8)13)10(14)7-4-2-1-3-5-7/h1-6,10H,14H2. The van der Waals surface area contributed by atoms with Crippen molar-refractivity contribution in [3.05, 3.63) is 55.1 Å². The van der Waals surface area contributed by atoms with E-state index in [0.717, 1.165) is 18.7 Å². The van der Waals surface area contributed by atoms with E-state index in [9.17, 15) is 0 Å². The Morgan fingerprint density at radius 2 is 1.80 bits per heavy atom. The number of benzene rings is 1. The lowest BCUT2D eigenvalue weighted by atomic mass is 10.1. The molecule has 0 fully saturated rings. The molecule has 15 heavy (non-hydrogen) atoms. The van der Waals surface area contributed by atoms with Gasteiger partial charge in [0, 0.05) is 9.35 Å². The third kappa shape index (κ3) is 2.50. The van der Waals surface area contributed by atoms with E-state index >= 15 is 0 Å². The van der Waals surface area contributed by atoms with E-state index in [1.54, 1.807) is 11.3 Å². The van der Waals surface area contributed by atoms with Gasteiger partial charge in [-0.15, -0.1) is 11.3 Å². The monoisotopic (exact) mass is 345 g/mol. The summed E-state index contributed by atoms with van der Waals surface area (Å²) in [6.45, 7) is 0. The molecule has 1 atom stereocenters. The smallest absolute Gasteiger partial charge is 0.0843 e. The second kappa shape index (κ2) is 4.78. The third-order valence-corrected chi connectivity index (χ3v) is 5.47. The van der Waals surface area contributed by atoms with Crippen LogP contribution in [0.4, 0.5) is 0 Å². The van der Waals surface area contributed by atoms with Gasteiger partial charge < -0.3 is 5.73 Å². The largest absolute Gasteiger partial charge is 0.320 e. The van der Waals surface area contributed by atoms with Crippen LogP contribution in [0.3, 0.4) is 0 Å². The molecule has 1 unspecified atom stereocenters. The Labute approximate surface area is 110 Å². The first kappa shape index (κ1) is 11.3. The third-order valence-electron chi connectivity index (χ3n) is 2.13. The topological polar surface area (TPSA) is 26.0 Å². The molecular formula is C11H9Br2NS. The van der Waals surface area contributed by atoms with Gasteiger partial charge in [0.2, 0.25) is 0 Å². The van der Waals surface area contributed by atoms with Gasteiger partial charge in [-0.2, -0.15) is 0 Å². The zero-order valence-corrected chi connectivity index (χ0v) is 11.8. The fraction of sp³-hybridized carbons (Fsp3) is 0.0909. The highest BCUT2D eigenvalue weighted by Gasteiger charge is 2.13. The van der Waals surface area contributed by atoms with Crippen LogP contribution in [0.25, 0.3) is 0 Å². The summed E-state index contributed by atoms with van der Waals surface area (Å²) in [7, 11) is 0. The highest BCUT2D eigenvalue weighted by atomic mass is 79.9. The molecular weight excluding hydrogens is 338 g/mol.